The van der Waals surface area contributed by atoms with Crippen molar-refractivity contribution in [3.05, 3.63) is 28.6 Å². The Morgan fingerprint density at radius 1 is 0.850 bits per heavy atom. The quantitative estimate of drug-likeness (QED) is 0.669. The van der Waals surface area contributed by atoms with Gasteiger partial charge in [0.2, 0.25) is 0 Å². The average Bonchev–Trinajstić information content (AvgIpc) is 2.25. The number of hydrogen-bond donors (Lipinski definition) is 0. The van der Waals surface area contributed by atoms with E-state index in [0.717, 1.165) is 6.08 Å². The summed E-state index contributed by atoms with van der Waals surface area (Å²) >= 11 is 0. The lowest BCUT2D eigenvalue weighted by Gasteiger charge is -2.18. The van der Waals surface area contributed by atoms with Crippen molar-refractivity contribution in [2.24, 2.45) is 0 Å². The minimum atomic E-state index is -4.83. The van der Waals surface area contributed by atoms with E-state index in [4.69, 9.17) is 0 Å². The van der Waals surface area contributed by atoms with E-state index in [1.165, 1.54) is 6.08 Å². The normalized spacial score (nSPS) is 18.1. The number of allylic oxidation sites excluding steroid dienone is 1. The SMILES string of the molecule is FC(F)(F)c1nnc(C(F)(F)F)c2c1/C=C\CCCC2. The fourth-order valence-corrected chi connectivity index (χ4v) is 2.12. The highest BCUT2D eigenvalue weighted by atomic mass is 19.4. The molecule has 0 aromatic carbocycles. The molecule has 1 aromatic rings. The van der Waals surface area contributed by atoms with Crippen LogP contribution in [0.5, 0.6) is 0 Å². The number of hydrogen-bond acceptors (Lipinski definition) is 2. The largest absolute Gasteiger partial charge is 0.435 e. The third kappa shape index (κ3) is 2.94. The van der Waals surface area contributed by atoms with Gasteiger partial charge in [0.25, 0.3) is 0 Å². The molecule has 0 fully saturated rings. The molecule has 0 aliphatic heterocycles. The van der Waals surface area contributed by atoms with E-state index in [-0.39, 0.29) is 6.42 Å². The van der Waals surface area contributed by atoms with Gasteiger partial charge in [0.1, 0.15) is 0 Å². The summed E-state index contributed by atoms with van der Waals surface area (Å²) in [7, 11) is 0. The van der Waals surface area contributed by atoms with Crippen LogP contribution in [0, 0.1) is 0 Å². The molecule has 1 aliphatic carbocycles. The Balaban J connectivity index is 2.70. The molecular formula is C12H10F6N2. The lowest BCUT2D eigenvalue weighted by Crippen LogP contribution is -2.21. The highest BCUT2D eigenvalue weighted by molar-refractivity contribution is 5.58. The fourth-order valence-electron chi connectivity index (χ4n) is 2.12. The summed E-state index contributed by atoms with van der Waals surface area (Å²) in [5.74, 6) is 0. The highest BCUT2D eigenvalue weighted by Crippen LogP contribution is 2.38. The van der Waals surface area contributed by atoms with E-state index in [9.17, 15) is 26.3 Å². The van der Waals surface area contributed by atoms with Crippen LogP contribution in [0.25, 0.3) is 6.08 Å². The predicted octanol–water partition coefficient (Wildman–Crippen LogP) is 4.25. The average molecular weight is 296 g/mol. The molecule has 0 spiro atoms. The van der Waals surface area contributed by atoms with E-state index < -0.39 is 34.9 Å². The Labute approximate surface area is 110 Å². The number of fused-ring (bicyclic) bond motifs is 1. The second kappa shape index (κ2) is 5.06. The summed E-state index contributed by atoms with van der Waals surface area (Å²) in [5, 5.41) is 5.53. The number of aromatic nitrogens is 2. The van der Waals surface area contributed by atoms with Crippen molar-refractivity contribution in [3.63, 3.8) is 0 Å². The first-order chi connectivity index (χ1) is 9.21. The maximum Gasteiger partial charge on any atom is 0.435 e. The zero-order valence-electron chi connectivity index (χ0n) is 10.1. The van der Waals surface area contributed by atoms with Crippen molar-refractivity contribution >= 4 is 6.08 Å². The minimum absolute atomic E-state index is 0.0902. The van der Waals surface area contributed by atoms with Gasteiger partial charge in [-0.2, -0.15) is 26.3 Å². The Morgan fingerprint density at radius 2 is 1.45 bits per heavy atom. The molecule has 1 heterocycles. The molecule has 2 nitrogen and oxygen atoms in total. The van der Waals surface area contributed by atoms with Crippen LogP contribution in [0.1, 0.15) is 41.8 Å². The van der Waals surface area contributed by atoms with Crippen molar-refractivity contribution < 1.29 is 26.3 Å². The van der Waals surface area contributed by atoms with E-state index in [0.29, 0.717) is 19.3 Å². The van der Waals surface area contributed by atoms with Gasteiger partial charge in [-0.1, -0.05) is 12.2 Å². The van der Waals surface area contributed by atoms with Gasteiger partial charge in [-0.15, -0.1) is 10.2 Å². The molecule has 8 heteroatoms. The molecule has 110 valence electrons. The summed E-state index contributed by atoms with van der Waals surface area (Å²) in [5.41, 5.74) is -3.62. The van der Waals surface area contributed by atoms with E-state index in [2.05, 4.69) is 10.2 Å². The van der Waals surface area contributed by atoms with Crippen LogP contribution in [-0.4, -0.2) is 10.2 Å². The van der Waals surface area contributed by atoms with Crippen LogP contribution in [0.3, 0.4) is 0 Å². The van der Waals surface area contributed by atoms with Gasteiger partial charge in [-0.05, 0) is 31.2 Å². The Bertz CT molecular complexity index is 530. The van der Waals surface area contributed by atoms with E-state index >= 15 is 0 Å². The topological polar surface area (TPSA) is 25.8 Å². The molecule has 0 radical (unpaired) electrons. The Hall–Kier alpha value is -1.60. The van der Waals surface area contributed by atoms with Gasteiger partial charge in [0.15, 0.2) is 11.4 Å². The van der Waals surface area contributed by atoms with Crippen molar-refractivity contribution in [2.45, 2.75) is 38.0 Å². The standard InChI is InChI=1S/C12H10F6N2/c13-11(14,15)9-7-5-3-1-2-4-6-8(7)10(20-19-9)12(16,17)18/h3,5H,1-2,4,6H2/b5-3-. The maximum atomic E-state index is 12.8. The molecule has 0 atom stereocenters. The lowest BCUT2D eigenvalue weighted by molar-refractivity contribution is -0.148. The van der Waals surface area contributed by atoms with Crippen LogP contribution >= 0.6 is 0 Å². The molecule has 0 N–H and O–H groups in total. The molecule has 0 saturated carbocycles. The molecule has 0 unspecified atom stereocenters. The van der Waals surface area contributed by atoms with Crippen molar-refractivity contribution in [2.75, 3.05) is 0 Å². The molecule has 20 heavy (non-hydrogen) atoms. The molecule has 1 aromatic heterocycles. The van der Waals surface area contributed by atoms with Gasteiger partial charge < -0.3 is 0 Å². The molecule has 0 saturated heterocycles. The Morgan fingerprint density at radius 3 is 2.05 bits per heavy atom. The van der Waals surface area contributed by atoms with Crippen LogP contribution in [0.15, 0.2) is 6.08 Å². The second-order valence-corrected chi connectivity index (χ2v) is 4.43. The fraction of sp³-hybridized carbons (Fsp3) is 0.500. The van der Waals surface area contributed by atoms with Gasteiger partial charge >= 0.3 is 12.4 Å². The van der Waals surface area contributed by atoms with Gasteiger partial charge in [-0.3, -0.25) is 0 Å². The third-order valence-electron chi connectivity index (χ3n) is 2.99. The predicted molar refractivity (Wildman–Crippen MR) is 58.6 cm³/mol. The molecule has 0 amide bonds. The van der Waals surface area contributed by atoms with Gasteiger partial charge in [-0.25, -0.2) is 0 Å². The number of halogens is 6. The number of rotatable bonds is 0. The number of nitrogens with zero attached hydrogens (tertiary/aromatic N) is 2. The molecule has 2 rings (SSSR count). The summed E-state index contributed by atoms with van der Waals surface area (Å²) in [6, 6.07) is 0. The van der Waals surface area contributed by atoms with Gasteiger partial charge in [0, 0.05) is 5.56 Å². The highest BCUT2D eigenvalue weighted by Gasteiger charge is 2.42. The summed E-state index contributed by atoms with van der Waals surface area (Å²) in [6.07, 6.45) is -5.69. The van der Waals surface area contributed by atoms with E-state index in [1.807, 2.05) is 0 Å². The first-order valence-electron chi connectivity index (χ1n) is 5.91. The maximum absolute atomic E-state index is 12.8. The zero-order chi connectivity index (χ0) is 15.0. The van der Waals surface area contributed by atoms with Crippen molar-refractivity contribution in [1.82, 2.24) is 10.2 Å². The van der Waals surface area contributed by atoms with Crippen LogP contribution < -0.4 is 0 Å². The Kier molecular flexibility index (Phi) is 3.75. The lowest BCUT2D eigenvalue weighted by atomic mass is 9.95. The number of alkyl halides is 6. The van der Waals surface area contributed by atoms with Crippen LogP contribution in [0.2, 0.25) is 0 Å². The van der Waals surface area contributed by atoms with Crippen molar-refractivity contribution in [3.8, 4) is 0 Å². The van der Waals surface area contributed by atoms with E-state index in [1.54, 1.807) is 0 Å². The summed E-state index contributed by atoms with van der Waals surface area (Å²) < 4.78 is 77.0. The first kappa shape index (κ1) is 14.8. The monoisotopic (exact) mass is 296 g/mol. The first-order valence-corrected chi connectivity index (χ1v) is 5.91. The van der Waals surface area contributed by atoms with Crippen LogP contribution in [0.4, 0.5) is 26.3 Å². The smallest absolute Gasteiger partial charge is 0.164 e. The minimum Gasteiger partial charge on any atom is -0.164 e. The molecule has 0 bridgehead atoms. The summed E-state index contributed by atoms with van der Waals surface area (Å²) in [6.45, 7) is 0. The van der Waals surface area contributed by atoms with Crippen LogP contribution in [-0.2, 0) is 18.8 Å². The summed E-state index contributed by atoms with van der Waals surface area (Å²) in [4.78, 5) is 0. The third-order valence-corrected chi connectivity index (χ3v) is 2.99. The molecular weight excluding hydrogens is 286 g/mol. The van der Waals surface area contributed by atoms with Gasteiger partial charge in [0.05, 0.1) is 0 Å². The second-order valence-electron chi connectivity index (χ2n) is 4.43. The molecule has 1 aliphatic rings. The van der Waals surface area contributed by atoms with Crippen molar-refractivity contribution in [1.29, 1.82) is 0 Å². The zero-order valence-corrected chi connectivity index (χ0v) is 10.1.